The molecule has 0 aromatic rings. The molecule has 0 aromatic heterocycles. The van der Waals surface area contributed by atoms with Gasteiger partial charge in [-0.15, -0.1) is 0 Å². The quantitative estimate of drug-likeness (QED) is 0.578. The van der Waals surface area contributed by atoms with E-state index in [1.165, 1.54) is 25.7 Å². The van der Waals surface area contributed by atoms with Crippen LogP contribution in [0.4, 0.5) is 0 Å². The second-order valence-electron chi connectivity index (χ2n) is 4.11. The molecular weight excluding hydrogens is 136 g/mol. The average Bonchev–Trinajstić information content (AvgIpc) is 2.13. The maximum Gasteiger partial charge on any atom is 0.0570 e. The third kappa shape index (κ3) is 2.48. The van der Waals surface area contributed by atoms with E-state index in [-0.39, 0.29) is 6.10 Å². The van der Waals surface area contributed by atoms with E-state index in [1.54, 1.807) is 0 Å². The fraction of sp³-hybridized carbons (Fsp3) is 1.00. The lowest BCUT2D eigenvalue weighted by molar-refractivity contribution is 0.0755. The zero-order valence-electron chi connectivity index (χ0n) is 7.71. The summed E-state index contributed by atoms with van der Waals surface area (Å²) in [5.41, 5.74) is 0. The van der Waals surface area contributed by atoms with Crippen LogP contribution in [0.2, 0.25) is 0 Å². The average molecular weight is 156 g/mol. The number of hydrogen-bond donors (Lipinski definition) is 1. The summed E-state index contributed by atoms with van der Waals surface area (Å²) in [6.45, 7) is 4.44. The predicted octanol–water partition coefficient (Wildman–Crippen LogP) is 2.58. The molecule has 1 N–H and O–H groups in total. The summed E-state index contributed by atoms with van der Waals surface area (Å²) in [5.74, 6) is 1.22. The first-order valence-electron chi connectivity index (χ1n) is 4.90. The zero-order valence-corrected chi connectivity index (χ0v) is 7.71. The van der Waals surface area contributed by atoms with Gasteiger partial charge >= 0.3 is 0 Å². The molecule has 0 amide bonds. The topological polar surface area (TPSA) is 20.2 Å². The van der Waals surface area contributed by atoms with Crippen molar-refractivity contribution in [3.8, 4) is 0 Å². The van der Waals surface area contributed by atoms with Crippen LogP contribution in [-0.2, 0) is 0 Å². The van der Waals surface area contributed by atoms with Crippen molar-refractivity contribution in [2.24, 2.45) is 11.8 Å². The molecular formula is C10H20O. The smallest absolute Gasteiger partial charge is 0.0570 e. The van der Waals surface area contributed by atoms with Gasteiger partial charge in [0.05, 0.1) is 6.10 Å². The third-order valence-corrected chi connectivity index (χ3v) is 2.89. The van der Waals surface area contributed by atoms with E-state index >= 15 is 0 Å². The largest absolute Gasteiger partial charge is 0.393 e. The standard InChI is InChI=1S/C10H20O/c1-8(2)9-6-4-3-5-7-10(9)11/h8-11H,3-7H2,1-2H3. The lowest BCUT2D eigenvalue weighted by atomic mass is 9.87. The van der Waals surface area contributed by atoms with Crippen molar-refractivity contribution in [3.63, 3.8) is 0 Å². The Labute approximate surface area is 69.8 Å². The van der Waals surface area contributed by atoms with Gasteiger partial charge in [-0.25, -0.2) is 0 Å². The normalized spacial score (nSPS) is 33.8. The van der Waals surface area contributed by atoms with Crippen LogP contribution < -0.4 is 0 Å². The van der Waals surface area contributed by atoms with Crippen molar-refractivity contribution < 1.29 is 5.11 Å². The Bertz CT molecular complexity index is 109. The summed E-state index contributed by atoms with van der Waals surface area (Å²) in [6, 6.07) is 0. The Morgan fingerprint density at radius 1 is 1.09 bits per heavy atom. The van der Waals surface area contributed by atoms with Crippen LogP contribution in [0.15, 0.2) is 0 Å². The van der Waals surface area contributed by atoms with Gasteiger partial charge in [-0.2, -0.15) is 0 Å². The molecule has 0 spiro atoms. The Balaban J connectivity index is 2.45. The highest BCUT2D eigenvalue weighted by Crippen LogP contribution is 2.28. The van der Waals surface area contributed by atoms with E-state index in [0.29, 0.717) is 11.8 Å². The first-order valence-corrected chi connectivity index (χ1v) is 4.90. The lowest BCUT2D eigenvalue weighted by Crippen LogP contribution is -2.23. The van der Waals surface area contributed by atoms with Crippen molar-refractivity contribution in [2.45, 2.75) is 52.1 Å². The Kier molecular flexibility index (Phi) is 3.38. The Morgan fingerprint density at radius 2 is 1.73 bits per heavy atom. The van der Waals surface area contributed by atoms with E-state index < -0.39 is 0 Å². The molecule has 0 radical (unpaired) electrons. The van der Waals surface area contributed by atoms with Gasteiger partial charge in [0.1, 0.15) is 0 Å². The number of hydrogen-bond acceptors (Lipinski definition) is 1. The van der Waals surface area contributed by atoms with Crippen LogP contribution in [0.25, 0.3) is 0 Å². The van der Waals surface area contributed by atoms with Gasteiger partial charge in [0.2, 0.25) is 0 Å². The second kappa shape index (κ2) is 4.10. The van der Waals surface area contributed by atoms with Crippen LogP contribution in [0.3, 0.4) is 0 Å². The molecule has 2 atom stereocenters. The van der Waals surface area contributed by atoms with Gasteiger partial charge in [0, 0.05) is 0 Å². The summed E-state index contributed by atoms with van der Waals surface area (Å²) < 4.78 is 0. The highest BCUT2D eigenvalue weighted by Gasteiger charge is 2.23. The zero-order chi connectivity index (χ0) is 8.27. The molecule has 0 bridgehead atoms. The Morgan fingerprint density at radius 3 is 2.36 bits per heavy atom. The van der Waals surface area contributed by atoms with Gasteiger partial charge in [-0.3, -0.25) is 0 Å². The molecule has 1 rings (SSSR count). The van der Waals surface area contributed by atoms with Crippen LogP contribution >= 0.6 is 0 Å². The molecule has 0 aliphatic heterocycles. The van der Waals surface area contributed by atoms with E-state index in [2.05, 4.69) is 13.8 Å². The second-order valence-corrected chi connectivity index (χ2v) is 4.11. The van der Waals surface area contributed by atoms with E-state index in [4.69, 9.17) is 0 Å². The van der Waals surface area contributed by atoms with Gasteiger partial charge < -0.3 is 5.11 Å². The number of rotatable bonds is 1. The summed E-state index contributed by atoms with van der Waals surface area (Å²) in [5, 5.41) is 9.72. The van der Waals surface area contributed by atoms with Crippen molar-refractivity contribution in [3.05, 3.63) is 0 Å². The molecule has 1 saturated carbocycles. The summed E-state index contributed by atoms with van der Waals surface area (Å²) in [7, 11) is 0. The van der Waals surface area contributed by atoms with Crippen LogP contribution in [0, 0.1) is 11.8 Å². The van der Waals surface area contributed by atoms with E-state index in [0.717, 1.165) is 6.42 Å². The molecule has 0 heterocycles. The van der Waals surface area contributed by atoms with Crippen molar-refractivity contribution in [1.82, 2.24) is 0 Å². The third-order valence-electron chi connectivity index (χ3n) is 2.89. The molecule has 1 aliphatic carbocycles. The predicted molar refractivity (Wildman–Crippen MR) is 47.4 cm³/mol. The molecule has 1 nitrogen and oxygen atoms in total. The van der Waals surface area contributed by atoms with E-state index in [1.807, 2.05) is 0 Å². The SMILES string of the molecule is CC(C)C1CCCCCC1O. The minimum Gasteiger partial charge on any atom is -0.393 e. The Hall–Kier alpha value is -0.0400. The van der Waals surface area contributed by atoms with Crippen molar-refractivity contribution in [1.29, 1.82) is 0 Å². The lowest BCUT2D eigenvalue weighted by Gasteiger charge is -2.23. The molecule has 1 aliphatic rings. The van der Waals surface area contributed by atoms with Gasteiger partial charge in [0.25, 0.3) is 0 Å². The van der Waals surface area contributed by atoms with Crippen molar-refractivity contribution >= 4 is 0 Å². The number of aliphatic hydroxyl groups is 1. The van der Waals surface area contributed by atoms with Gasteiger partial charge in [-0.05, 0) is 24.7 Å². The molecule has 11 heavy (non-hydrogen) atoms. The maximum absolute atomic E-state index is 9.72. The molecule has 2 unspecified atom stereocenters. The van der Waals surface area contributed by atoms with Crippen LogP contribution in [0.1, 0.15) is 46.0 Å². The van der Waals surface area contributed by atoms with Crippen LogP contribution in [0.5, 0.6) is 0 Å². The fourth-order valence-corrected chi connectivity index (χ4v) is 2.09. The molecule has 0 aromatic carbocycles. The highest BCUT2D eigenvalue weighted by molar-refractivity contribution is 4.74. The molecule has 1 heteroatoms. The van der Waals surface area contributed by atoms with E-state index in [9.17, 15) is 5.11 Å². The van der Waals surface area contributed by atoms with Crippen molar-refractivity contribution in [2.75, 3.05) is 0 Å². The monoisotopic (exact) mass is 156 g/mol. The summed E-state index contributed by atoms with van der Waals surface area (Å²) >= 11 is 0. The minimum absolute atomic E-state index is 0.0162. The first kappa shape index (κ1) is 9.05. The minimum atomic E-state index is -0.0162. The summed E-state index contributed by atoms with van der Waals surface area (Å²) in [4.78, 5) is 0. The molecule has 0 saturated heterocycles. The molecule has 1 fully saturated rings. The number of aliphatic hydroxyl groups excluding tert-OH is 1. The summed E-state index contributed by atoms with van der Waals surface area (Å²) in [6.07, 6.45) is 6.12. The molecule has 66 valence electrons. The maximum atomic E-state index is 9.72. The fourth-order valence-electron chi connectivity index (χ4n) is 2.09. The van der Waals surface area contributed by atoms with Crippen LogP contribution in [-0.4, -0.2) is 11.2 Å². The first-order chi connectivity index (χ1) is 5.22. The highest BCUT2D eigenvalue weighted by atomic mass is 16.3. The van der Waals surface area contributed by atoms with Gasteiger partial charge in [0.15, 0.2) is 0 Å². The van der Waals surface area contributed by atoms with Gasteiger partial charge in [-0.1, -0.05) is 33.1 Å².